The van der Waals surface area contributed by atoms with Crippen molar-refractivity contribution in [2.45, 2.75) is 13.8 Å². The van der Waals surface area contributed by atoms with Crippen molar-refractivity contribution >= 4 is 11.6 Å². The number of anilines is 1. The van der Waals surface area contributed by atoms with Crippen LogP contribution in [-0.2, 0) is 7.05 Å². The molecule has 0 bridgehead atoms. The van der Waals surface area contributed by atoms with Crippen molar-refractivity contribution < 1.29 is 4.79 Å². The van der Waals surface area contributed by atoms with Crippen LogP contribution in [0.1, 0.15) is 21.6 Å². The lowest BCUT2D eigenvalue weighted by molar-refractivity contribution is 0.102. The highest BCUT2D eigenvalue weighted by Gasteiger charge is 2.17. The zero-order chi connectivity index (χ0) is 15.7. The molecule has 1 amide bonds. The van der Waals surface area contributed by atoms with Crippen LogP contribution in [-0.4, -0.2) is 30.5 Å². The van der Waals surface area contributed by atoms with Gasteiger partial charge in [-0.2, -0.15) is 5.10 Å². The Morgan fingerprint density at radius 2 is 1.73 bits per heavy atom. The van der Waals surface area contributed by atoms with Crippen molar-refractivity contribution in [3.63, 3.8) is 0 Å². The number of nitrogens with one attached hydrogen (secondary N) is 1. The number of aromatic nitrogens is 5. The summed E-state index contributed by atoms with van der Waals surface area (Å²) in [7, 11) is 1.82. The van der Waals surface area contributed by atoms with Crippen LogP contribution >= 0.6 is 0 Å². The summed E-state index contributed by atoms with van der Waals surface area (Å²) in [5, 5.41) is 14.9. The molecule has 22 heavy (non-hydrogen) atoms. The van der Waals surface area contributed by atoms with Crippen LogP contribution in [0.3, 0.4) is 0 Å². The topological polar surface area (TPSA) is 77.6 Å². The zero-order valence-electron chi connectivity index (χ0n) is 12.6. The second-order valence-electron chi connectivity index (χ2n) is 5.10. The Hall–Kier alpha value is -2.96. The number of carbonyl (C=O) groups is 1. The maximum atomic E-state index is 12.4. The van der Waals surface area contributed by atoms with Gasteiger partial charge in [0, 0.05) is 12.6 Å². The molecule has 0 aliphatic carbocycles. The molecular formula is C15H16N6O. The number of rotatable bonds is 3. The summed E-state index contributed by atoms with van der Waals surface area (Å²) in [4.78, 5) is 12.4. The standard InChI is InChI=1S/C15H16N6O/c1-10-4-6-12(7-5-10)15(22)18-13-11(2)20(3)19-14(13)21-8-16-17-9-21/h4-9H,1-3H3,(H,18,22). The number of aryl methyl sites for hydroxylation is 2. The molecule has 7 nitrogen and oxygen atoms in total. The first-order chi connectivity index (χ1) is 10.6. The molecule has 1 aromatic carbocycles. The van der Waals surface area contributed by atoms with Gasteiger partial charge in [-0.25, -0.2) is 0 Å². The molecule has 0 saturated carbocycles. The SMILES string of the molecule is Cc1ccc(C(=O)Nc2c(-n3cnnc3)nn(C)c2C)cc1. The van der Waals surface area contributed by atoms with Crippen LogP contribution < -0.4 is 5.32 Å². The molecule has 0 aliphatic heterocycles. The molecule has 7 heteroatoms. The maximum absolute atomic E-state index is 12.4. The number of nitrogens with zero attached hydrogens (tertiary/aromatic N) is 5. The van der Waals surface area contributed by atoms with E-state index in [-0.39, 0.29) is 5.91 Å². The highest BCUT2D eigenvalue weighted by molar-refractivity contribution is 6.05. The van der Waals surface area contributed by atoms with Gasteiger partial charge in [-0.1, -0.05) is 17.7 Å². The minimum atomic E-state index is -0.176. The van der Waals surface area contributed by atoms with E-state index in [9.17, 15) is 4.79 Å². The molecule has 1 N–H and O–H groups in total. The third-order valence-corrected chi connectivity index (χ3v) is 3.53. The molecule has 0 spiro atoms. The molecule has 2 aromatic heterocycles. The Morgan fingerprint density at radius 1 is 1.09 bits per heavy atom. The first kappa shape index (κ1) is 14.0. The van der Waals surface area contributed by atoms with E-state index >= 15 is 0 Å². The smallest absolute Gasteiger partial charge is 0.255 e. The van der Waals surface area contributed by atoms with E-state index in [1.54, 1.807) is 34.0 Å². The summed E-state index contributed by atoms with van der Waals surface area (Å²) >= 11 is 0. The third-order valence-electron chi connectivity index (χ3n) is 3.53. The Morgan fingerprint density at radius 3 is 2.36 bits per heavy atom. The second kappa shape index (κ2) is 5.44. The second-order valence-corrected chi connectivity index (χ2v) is 5.10. The van der Waals surface area contributed by atoms with E-state index in [1.165, 1.54) is 0 Å². The third kappa shape index (κ3) is 2.48. The molecule has 2 heterocycles. The molecule has 0 aliphatic rings. The summed E-state index contributed by atoms with van der Waals surface area (Å²) in [6, 6.07) is 7.42. The van der Waals surface area contributed by atoms with Crippen LogP contribution in [0, 0.1) is 13.8 Å². The lowest BCUT2D eigenvalue weighted by Crippen LogP contribution is -2.13. The first-order valence-electron chi connectivity index (χ1n) is 6.83. The van der Waals surface area contributed by atoms with Crippen molar-refractivity contribution in [2.75, 3.05) is 5.32 Å². The Bertz CT molecular complexity index is 801. The lowest BCUT2D eigenvalue weighted by atomic mass is 10.1. The normalized spacial score (nSPS) is 10.7. The van der Waals surface area contributed by atoms with Crippen molar-refractivity contribution in [1.29, 1.82) is 0 Å². The average molecular weight is 296 g/mol. The molecule has 112 valence electrons. The van der Waals surface area contributed by atoms with Gasteiger partial charge in [-0.15, -0.1) is 10.2 Å². The Labute approximate surface area is 127 Å². The molecular weight excluding hydrogens is 280 g/mol. The van der Waals surface area contributed by atoms with Crippen LogP contribution in [0.5, 0.6) is 0 Å². The summed E-state index contributed by atoms with van der Waals surface area (Å²) in [6.07, 6.45) is 3.09. The van der Waals surface area contributed by atoms with E-state index in [1.807, 2.05) is 33.0 Å². The zero-order valence-corrected chi connectivity index (χ0v) is 12.6. The van der Waals surface area contributed by atoms with Crippen molar-refractivity contribution in [3.05, 3.63) is 53.7 Å². The van der Waals surface area contributed by atoms with Gasteiger partial charge in [0.2, 0.25) is 0 Å². The number of benzene rings is 1. The van der Waals surface area contributed by atoms with E-state index in [0.29, 0.717) is 17.1 Å². The number of amides is 1. The Balaban J connectivity index is 1.95. The number of carbonyl (C=O) groups excluding carboxylic acids is 1. The molecule has 3 aromatic rings. The van der Waals surface area contributed by atoms with Crippen LogP contribution in [0.25, 0.3) is 5.82 Å². The van der Waals surface area contributed by atoms with Gasteiger partial charge in [0.1, 0.15) is 18.3 Å². The monoisotopic (exact) mass is 296 g/mol. The molecule has 0 fully saturated rings. The van der Waals surface area contributed by atoms with E-state index in [4.69, 9.17) is 0 Å². The number of hydrogen-bond donors (Lipinski definition) is 1. The Kier molecular flexibility index (Phi) is 3.46. The quantitative estimate of drug-likeness (QED) is 0.800. The van der Waals surface area contributed by atoms with Gasteiger partial charge in [-0.05, 0) is 26.0 Å². The highest BCUT2D eigenvalue weighted by Crippen LogP contribution is 2.23. The summed E-state index contributed by atoms with van der Waals surface area (Å²) in [6.45, 7) is 3.88. The van der Waals surface area contributed by atoms with E-state index in [2.05, 4.69) is 20.6 Å². The summed E-state index contributed by atoms with van der Waals surface area (Å²) in [5.41, 5.74) is 3.21. The average Bonchev–Trinajstić information content (AvgIpc) is 3.12. The summed E-state index contributed by atoms with van der Waals surface area (Å²) < 4.78 is 3.37. The predicted octanol–water partition coefficient (Wildman–Crippen LogP) is 1.87. The maximum Gasteiger partial charge on any atom is 0.255 e. The largest absolute Gasteiger partial charge is 0.317 e. The van der Waals surface area contributed by atoms with Gasteiger partial charge in [0.15, 0.2) is 5.82 Å². The van der Waals surface area contributed by atoms with Crippen LogP contribution in [0.15, 0.2) is 36.9 Å². The summed E-state index contributed by atoms with van der Waals surface area (Å²) in [5.74, 6) is 0.413. The molecule has 0 radical (unpaired) electrons. The van der Waals surface area contributed by atoms with Gasteiger partial charge in [0.05, 0.1) is 5.69 Å². The fourth-order valence-electron chi connectivity index (χ4n) is 2.12. The molecule has 3 rings (SSSR count). The van der Waals surface area contributed by atoms with Crippen LogP contribution in [0.4, 0.5) is 5.69 Å². The van der Waals surface area contributed by atoms with Crippen molar-refractivity contribution in [2.24, 2.45) is 7.05 Å². The fourth-order valence-corrected chi connectivity index (χ4v) is 2.12. The molecule has 0 saturated heterocycles. The van der Waals surface area contributed by atoms with Gasteiger partial charge >= 0.3 is 0 Å². The minimum absolute atomic E-state index is 0.176. The van der Waals surface area contributed by atoms with Gasteiger partial charge < -0.3 is 5.32 Å². The molecule has 0 unspecified atom stereocenters. The van der Waals surface area contributed by atoms with Crippen LogP contribution in [0.2, 0.25) is 0 Å². The van der Waals surface area contributed by atoms with E-state index < -0.39 is 0 Å². The minimum Gasteiger partial charge on any atom is -0.317 e. The number of hydrogen-bond acceptors (Lipinski definition) is 4. The highest BCUT2D eigenvalue weighted by atomic mass is 16.1. The van der Waals surface area contributed by atoms with Gasteiger partial charge in [0.25, 0.3) is 5.91 Å². The fraction of sp³-hybridized carbons (Fsp3) is 0.200. The predicted molar refractivity (Wildman–Crippen MR) is 82.0 cm³/mol. The van der Waals surface area contributed by atoms with E-state index in [0.717, 1.165) is 11.3 Å². The molecule has 0 atom stereocenters. The lowest BCUT2D eigenvalue weighted by Gasteiger charge is -2.07. The van der Waals surface area contributed by atoms with Crippen molar-refractivity contribution in [3.8, 4) is 5.82 Å². The van der Waals surface area contributed by atoms with Crippen molar-refractivity contribution in [1.82, 2.24) is 24.5 Å². The van der Waals surface area contributed by atoms with Gasteiger partial charge in [-0.3, -0.25) is 14.0 Å². The first-order valence-corrected chi connectivity index (χ1v) is 6.83.